The summed E-state index contributed by atoms with van der Waals surface area (Å²) in [6.07, 6.45) is 10.2. The molecule has 1 aliphatic rings. The van der Waals surface area contributed by atoms with Crippen LogP contribution in [0.1, 0.15) is 23.6 Å². The Morgan fingerprint density at radius 2 is 2.39 bits per heavy atom. The SMILES string of the molecule is Cn1cc(CCn2cncc2C2CCNC2)cn1. The molecule has 1 N–H and O–H groups in total. The lowest BCUT2D eigenvalue weighted by Gasteiger charge is -2.12. The van der Waals surface area contributed by atoms with Crippen LogP contribution in [0, 0.1) is 0 Å². The van der Waals surface area contributed by atoms with E-state index in [1.165, 1.54) is 17.7 Å². The van der Waals surface area contributed by atoms with Crippen LogP contribution in [0.25, 0.3) is 0 Å². The third kappa shape index (κ3) is 2.31. The number of imidazole rings is 1. The topological polar surface area (TPSA) is 47.7 Å². The van der Waals surface area contributed by atoms with Gasteiger partial charge < -0.3 is 9.88 Å². The van der Waals surface area contributed by atoms with Crippen molar-refractivity contribution < 1.29 is 0 Å². The Balaban J connectivity index is 1.67. The highest BCUT2D eigenvalue weighted by Gasteiger charge is 2.19. The van der Waals surface area contributed by atoms with Gasteiger partial charge in [0, 0.05) is 44.1 Å². The minimum absolute atomic E-state index is 0.626. The molecule has 0 radical (unpaired) electrons. The second-order valence-corrected chi connectivity index (χ2v) is 4.97. The Hall–Kier alpha value is -1.62. The highest BCUT2D eigenvalue weighted by atomic mass is 15.2. The highest BCUT2D eigenvalue weighted by molar-refractivity contribution is 5.10. The zero-order valence-corrected chi connectivity index (χ0v) is 10.7. The molecule has 2 aromatic heterocycles. The molecule has 96 valence electrons. The number of hydrogen-bond acceptors (Lipinski definition) is 3. The van der Waals surface area contributed by atoms with Gasteiger partial charge in [0.15, 0.2) is 0 Å². The van der Waals surface area contributed by atoms with E-state index in [1.54, 1.807) is 0 Å². The zero-order valence-electron chi connectivity index (χ0n) is 10.7. The average molecular weight is 245 g/mol. The molecule has 0 saturated carbocycles. The number of rotatable bonds is 4. The van der Waals surface area contributed by atoms with E-state index >= 15 is 0 Å². The van der Waals surface area contributed by atoms with Crippen LogP contribution >= 0.6 is 0 Å². The maximum atomic E-state index is 4.30. The van der Waals surface area contributed by atoms with Gasteiger partial charge in [-0.1, -0.05) is 0 Å². The van der Waals surface area contributed by atoms with Gasteiger partial charge in [-0.05, 0) is 24.9 Å². The van der Waals surface area contributed by atoms with Gasteiger partial charge in [-0.15, -0.1) is 0 Å². The summed E-state index contributed by atoms with van der Waals surface area (Å²) in [6, 6.07) is 0. The van der Waals surface area contributed by atoms with E-state index < -0.39 is 0 Å². The van der Waals surface area contributed by atoms with Gasteiger partial charge in [0.05, 0.1) is 12.5 Å². The largest absolute Gasteiger partial charge is 0.334 e. The van der Waals surface area contributed by atoms with Crippen molar-refractivity contribution in [3.8, 4) is 0 Å². The summed E-state index contributed by atoms with van der Waals surface area (Å²) >= 11 is 0. The lowest BCUT2D eigenvalue weighted by atomic mass is 10.1. The van der Waals surface area contributed by atoms with Gasteiger partial charge in [-0.25, -0.2) is 4.98 Å². The molecule has 0 aliphatic carbocycles. The van der Waals surface area contributed by atoms with Crippen LogP contribution in [-0.2, 0) is 20.0 Å². The van der Waals surface area contributed by atoms with Crippen molar-refractivity contribution in [1.29, 1.82) is 0 Å². The van der Waals surface area contributed by atoms with Crippen molar-refractivity contribution in [1.82, 2.24) is 24.6 Å². The molecular weight excluding hydrogens is 226 g/mol. The first-order valence-electron chi connectivity index (χ1n) is 6.51. The average Bonchev–Trinajstić information content (AvgIpc) is 3.07. The Labute approximate surface area is 107 Å². The molecule has 18 heavy (non-hydrogen) atoms. The van der Waals surface area contributed by atoms with Crippen molar-refractivity contribution in [2.45, 2.75) is 25.3 Å². The van der Waals surface area contributed by atoms with E-state index in [-0.39, 0.29) is 0 Å². The molecular formula is C13H19N5. The molecule has 1 unspecified atom stereocenters. The Kier molecular flexibility index (Phi) is 3.15. The van der Waals surface area contributed by atoms with Crippen molar-refractivity contribution in [3.63, 3.8) is 0 Å². The number of nitrogens with zero attached hydrogens (tertiary/aromatic N) is 4. The Morgan fingerprint density at radius 1 is 1.44 bits per heavy atom. The fraction of sp³-hybridized carbons (Fsp3) is 0.538. The van der Waals surface area contributed by atoms with Crippen molar-refractivity contribution in [3.05, 3.63) is 36.2 Å². The molecule has 3 heterocycles. The summed E-state index contributed by atoms with van der Waals surface area (Å²) in [5.74, 6) is 0.626. The van der Waals surface area contributed by atoms with E-state index in [4.69, 9.17) is 0 Å². The Bertz CT molecular complexity index is 507. The normalized spacial score (nSPS) is 19.5. The fourth-order valence-electron chi connectivity index (χ4n) is 2.62. The summed E-state index contributed by atoms with van der Waals surface area (Å²) in [5.41, 5.74) is 2.64. The maximum Gasteiger partial charge on any atom is 0.0948 e. The molecule has 1 atom stereocenters. The maximum absolute atomic E-state index is 4.30. The van der Waals surface area contributed by atoms with Crippen molar-refractivity contribution in [2.75, 3.05) is 13.1 Å². The molecule has 1 saturated heterocycles. The minimum Gasteiger partial charge on any atom is -0.334 e. The monoisotopic (exact) mass is 245 g/mol. The van der Waals surface area contributed by atoms with Gasteiger partial charge >= 0.3 is 0 Å². The molecule has 0 aromatic carbocycles. The summed E-state index contributed by atoms with van der Waals surface area (Å²) in [4.78, 5) is 4.30. The first-order chi connectivity index (χ1) is 8.83. The lowest BCUT2D eigenvalue weighted by molar-refractivity contribution is 0.612. The van der Waals surface area contributed by atoms with E-state index in [2.05, 4.69) is 26.2 Å². The molecule has 1 aliphatic heterocycles. The predicted octanol–water partition coefficient (Wildman–Crippen LogP) is 0.936. The lowest BCUT2D eigenvalue weighted by Crippen LogP contribution is -2.12. The summed E-state index contributed by atoms with van der Waals surface area (Å²) in [7, 11) is 1.95. The summed E-state index contributed by atoms with van der Waals surface area (Å²) < 4.78 is 4.13. The molecule has 1 fully saturated rings. The second-order valence-electron chi connectivity index (χ2n) is 4.97. The van der Waals surface area contributed by atoms with Gasteiger partial charge in [0.25, 0.3) is 0 Å². The van der Waals surface area contributed by atoms with Crippen molar-refractivity contribution >= 4 is 0 Å². The number of hydrogen-bond donors (Lipinski definition) is 1. The number of aromatic nitrogens is 4. The number of aryl methyl sites for hydroxylation is 3. The van der Waals surface area contributed by atoms with Gasteiger partial charge in [-0.3, -0.25) is 4.68 Å². The van der Waals surface area contributed by atoms with E-state index in [9.17, 15) is 0 Å². The third-order valence-corrected chi connectivity index (χ3v) is 3.62. The van der Waals surface area contributed by atoms with Crippen LogP contribution in [0.2, 0.25) is 0 Å². The number of nitrogens with one attached hydrogen (secondary N) is 1. The van der Waals surface area contributed by atoms with Gasteiger partial charge in [-0.2, -0.15) is 5.10 Å². The van der Waals surface area contributed by atoms with Crippen LogP contribution in [0.4, 0.5) is 0 Å². The molecule has 0 spiro atoms. The highest BCUT2D eigenvalue weighted by Crippen LogP contribution is 2.22. The van der Waals surface area contributed by atoms with E-state index in [1.807, 2.05) is 30.5 Å². The summed E-state index contributed by atoms with van der Waals surface area (Å²) in [5, 5.41) is 7.61. The van der Waals surface area contributed by atoms with Crippen LogP contribution in [-0.4, -0.2) is 32.4 Å². The molecule has 3 rings (SSSR count). The van der Waals surface area contributed by atoms with E-state index in [0.29, 0.717) is 5.92 Å². The van der Waals surface area contributed by atoms with E-state index in [0.717, 1.165) is 26.1 Å². The van der Waals surface area contributed by atoms with Gasteiger partial charge in [0.2, 0.25) is 0 Å². The molecule has 2 aromatic rings. The first kappa shape index (κ1) is 11.5. The Morgan fingerprint density at radius 3 is 3.11 bits per heavy atom. The fourth-order valence-corrected chi connectivity index (χ4v) is 2.62. The standard InChI is InChI=1S/C13H19N5/c1-17-9-11(6-16-17)3-5-18-10-15-8-13(18)12-2-4-14-7-12/h6,8-10,12,14H,2-5,7H2,1H3. The third-order valence-electron chi connectivity index (χ3n) is 3.62. The van der Waals surface area contributed by atoms with Crippen LogP contribution in [0.5, 0.6) is 0 Å². The molecule has 0 amide bonds. The quantitative estimate of drug-likeness (QED) is 0.872. The van der Waals surface area contributed by atoms with Crippen LogP contribution < -0.4 is 5.32 Å². The molecule has 5 heteroatoms. The second kappa shape index (κ2) is 4.94. The minimum atomic E-state index is 0.626. The predicted molar refractivity (Wildman–Crippen MR) is 69.4 cm³/mol. The smallest absolute Gasteiger partial charge is 0.0948 e. The molecule has 5 nitrogen and oxygen atoms in total. The van der Waals surface area contributed by atoms with Crippen LogP contribution in [0.3, 0.4) is 0 Å². The van der Waals surface area contributed by atoms with Crippen LogP contribution in [0.15, 0.2) is 24.9 Å². The first-order valence-corrected chi connectivity index (χ1v) is 6.51. The zero-order chi connectivity index (χ0) is 12.4. The summed E-state index contributed by atoms with van der Waals surface area (Å²) in [6.45, 7) is 3.19. The molecule has 0 bridgehead atoms. The van der Waals surface area contributed by atoms with Gasteiger partial charge in [0.1, 0.15) is 0 Å². The van der Waals surface area contributed by atoms with Crippen molar-refractivity contribution in [2.24, 2.45) is 7.05 Å².